The lowest BCUT2D eigenvalue weighted by atomic mass is 10.1. The maximum atomic E-state index is 11.5. The maximum Gasteiger partial charge on any atom is 0.238 e. The zero-order valence-corrected chi connectivity index (χ0v) is 15.5. The molecular weight excluding hydrogens is 366 g/mol. The molecule has 1 aromatic carbocycles. The van der Waals surface area contributed by atoms with Gasteiger partial charge in [-0.3, -0.25) is 0 Å². The number of primary sulfonamides is 1. The van der Waals surface area contributed by atoms with Crippen LogP contribution in [0, 0.1) is 0 Å². The third-order valence-corrected chi connectivity index (χ3v) is 5.48. The second-order valence-electron chi connectivity index (χ2n) is 6.16. The lowest BCUT2D eigenvalue weighted by Crippen LogP contribution is -2.12. The number of imidazole rings is 1. The van der Waals surface area contributed by atoms with Gasteiger partial charge in [-0.25, -0.2) is 23.5 Å². The average molecular weight is 383 g/mol. The van der Waals surface area contributed by atoms with Gasteiger partial charge in [-0.1, -0.05) is 12.1 Å². The van der Waals surface area contributed by atoms with E-state index in [4.69, 9.17) is 9.88 Å². The summed E-state index contributed by atoms with van der Waals surface area (Å²) in [4.78, 5) is 13.3. The first-order chi connectivity index (χ1) is 12.9. The highest BCUT2D eigenvalue weighted by molar-refractivity contribution is 7.89. The summed E-state index contributed by atoms with van der Waals surface area (Å²) < 4.78 is 30.1. The number of pyridine rings is 2. The Morgan fingerprint density at radius 3 is 2.52 bits per heavy atom. The van der Waals surface area contributed by atoms with E-state index in [1.54, 1.807) is 37.8 Å². The number of hydrogen-bond donors (Lipinski definition) is 1. The van der Waals surface area contributed by atoms with Gasteiger partial charge in [-0.05, 0) is 30.7 Å². The van der Waals surface area contributed by atoms with Crippen molar-refractivity contribution < 1.29 is 13.2 Å². The normalized spacial score (nSPS) is 13.1. The Balaban J connectivity index is 1.84. The van der Waals surface area contributed by atoms with Gasteiger partial charge >= 0.3 is 0 Å². The third-order valence-electron chi connectivity index (χ3n) is 4.55. The molecular formula is C18H17N5O3S. The fourth-order valence-electron chi connectivity index (χ4n) is 3.09. The molecule has 0 bridgehead atoms. The summed E-state index contributed by atoms with van der Waals surface area (Å²) in [6, 6.07) is 10.1. The van der Waals surface area contributed by atoms with Crippen molar-refractivity contribution in [3.63, 3.8) is 0 Å². The van der Waals surface area contributed by atoms with Gasteiger partial charge in [-0.15, -0.1) is 0 Å². The highest BCUT2D eigenvalue weighted by Crippen LogP contribution is 2.29. The number of nitrogens with zero attached hydrogens (tertiary/aromatic N) is 4. The number of benzene rings is 1. The highest BCUT2D eigenvalue weighted by Gasteiger charge is 2.16. The first-order valence-corrected chi connectivity index (χ1v) is 9.72. The van der Waals surface area contributed by atoms with Gasteiger partial charge in [0.1, 0.15) is 5.52 Å². The van der Waals surface area contributed by atoms with Crippen LogP contribution in [0.25, 0.3) is 22.1 Å². The van der Waals surface area contributed by atoms with Gasteiger partial charge in [0.15, 0.2) is 5.65 Å². The molecule has 1 atom stereocenters. The molecule has 0 aliphatic heterocycles. The maximum absolute atomic E-state index is 11.5. The molecule has 2 N–H and O–H groups in total. The van der Waals surface area contributed by atoms with Crippen LogP contribution in [0.15, 0.2) is 53.8 Å². The molecule has 0 aliphatic carbocycles. The molecule has 8 nitrogen and oxygen atoms in total. The topological polar surface area (TPSA) is 113 Å². The van der Waals surface area contributed by atoms with Crippen molar-refractivity contribution in [3.8, 4) is 5.88 Å². The highest BCUT2D eigenvalue weighted by atomic mass is 32.2. The Kier molecular flexibility index (Phi) is 4.05. The quantitative estimate of drug-likeness (QED) is 0.578. The van der Waals surface area contributed by atoms with Gasteiger partial charge in [0.05, 0.1) is 36.1 Å². The number of methoxy groups -OCH3 is 1. The lowest BCUT2D eigenvalue weighted by molar-refractivity contribution is 0.399. The molecule has 0 saturated carbocycles. The molecule has 1 unspecified atom stereocenters. The van der Waals surface area contributed by atoms with Crippen molar-refractivity contribution in [2.24, 2.45) is 5.14 Å². The SMILES string of the molecule is COc1ccc2c(ncc3ncn(C(C)c4ccc(S(N)(=O)=O)cc4)c32)n1. The van der Waals surface area contributed by atoms with Crippen LogP contribution >= 0.6 is 0 Å². The van der Waals surface area contributed by atoms with Crippen molar-refractivity contribution in [1.29, 1.82) is 0 Å². The van der Waals surface area contributed by atoms with Crippen LogP contribution in [0.2, 0.25) is 0 Å². The summed E-state index contributed by atoms with van der Waals surface area (Å²) in [5, 5.41) is 6.03. The first kappa shape index (κ1) is 17.4. The van der Waals surface area contributed by atoms with Crippen molar-refractivity contribution in [1.82, 2.24) is 19.5 Å². The molecule has 3 aromatic heterocycles. The van der Waals surface area contributed by atoms with Crippen molar-refractivity contribution in [3.05, 3.63) is 54.5 Å². The Morgan fingerprint density at radius 2 is 1.85 bits per heavy atom. The third kappa shape index (κ3) is 3.00. The molecule has 0 fully saturated rings. The number of ether oxygens (including phenoxy) is 1. The standard InChI is InChI=1S/C18H17N5O3S/c1-11(12-3-5-13(6-4-12)27(19,24)25)23-10-21-15-9-20-18-14(17(15)23)7-8-16(22-18)26-2/h3-11H,1-2H3,(H2,19,24,25). The van der Waals surface area contributed by atoms with E-state index in [1.165, 1.54) is 12.1 Å². The van der Waals surface area contributed by atoms with E-state index < -0.39 is 10.0 Å². The minimum atomic E-state index is -3.72. The number of nitrogens with two attached hydrogens (primary N) is 1. The number of hydrogen-bond acceptors (Lipinski definition) is 6. The van der Waals surface area contributed by atoms with Gasteiger partial charge in [0.25, 0.3) is 0 Å². The molecule has 0 aliphatic rings. The molecule has 3 heterocycles. The van der Waals surface area contributed by atoms with E-state index in [0.29, 0.717) is 11.5 Å². The summed E-state index contributed by atoms with van der Waals surface area (Å²) in [5.41, 5.74) is 3.15. The van der Waals surface area contributed by atoms with Gasteiger partial charge in [0, 0.05) is 11.5 Å². The summed E-state index contributed by atoms with van der Waals surface area (Å²) in [5.74, 6) is 0.493. The van der Waals surface area contributed by atoms with Gasteiger partial charge in [0.2, 0.25) is 15.9 Å². The van der Waals surface area contributed by atoms with Gasteiger partial charge < -0.3 is 9.30 Å². The predicted molar refractivity (Wildman–Crippen MR) is 101 cm³/mol. The van der Waals surface area contributed by atoms with E-state index in [2.05, 4.69) is 15.0 Å². The molecule has 138 valence electrons. The Bertz CT molecular complexity index is 1250. The second-order valence-corrected chi connectivity index (χ2v) is 7.72. The fraction of sp³-hybridized carbons (Fsp3) is 0.167. The number of fused-ring (bicyclic) bond motifs is 3. The van der Waals surface area contributed by atoms with E-state index in [0.717, 1.165) is 22.0 Å². The number of rotatable bonds is 4. The van der Waals surface area contributed by atoms with Crippen LogP contribution in [0.3, 0.4) is 0 Å². The van der Waals surface area contributed by atoms with E-state index in [9.17, 15) is 8.42 Å². The zero-order valence-electron chi connectivity index (χ0n) is 14.7. The van der Waals surface area contributed by atoms with Crippen LogP contribution in [0.5, 0.6) is 5.88 Å². The van der Waals surface area contributed by atoms with Crippen molar-refractivity contribution in [2.45, 2.75) is 17.9 Å². The predicted octanol–water partition coefficient (Wildman–Crippen LogP) is 2.24. The monoisotopic (exact) mass is 383 g/mol. The van der Waals surface area contributed by atoms with Crippen LogP contribution in [-0.2, 0) is 10.0 Å². The molecule has 4 aromatic rings. The molecule has 0 radical (unpaired) electrons. The number of aromatic nitrogens is 4. The van der Waals surface area contributed by atoms with Crippen LogP contribution in [0.4, 0.5) is 0 Å². The Hall–Kier alpha value is -3.04. The van der Waals surface area contributed by atoms with Crippen LogP contribution < -0.4 is 9.88 Å². The summed E-state index contributed by atoms with van der Waals surface area (Å²) >= 11 is 0. The molecule has 0 spiro atoms. The summed E-state index contributed by atoms with van der Waals surface area (Å²) in [7, 11) is -2.16. The molecule has 27 heavy (non-hydrogen) atoms. The summed E-state index contributed by atoms with van der Waals surface area (Å²) in [6.07, 6.45) is 3.42. The Morgan fingerprint density at radius 1 is 1.11 bits per heavy atom. The largest absolute Gasteiger partial charge is 0.481 e. The fourth-order valence-corrected chi connectivity index (χ4v) is 3.60. The minimum Gasteiger partial charge on any atom is -0.481 e. The molecule has 9 heteroatoms. The molecule has 0 amide bonds. The Labute approximate surface area is 155 Å². The zero-order chi connectivity index (χ0) is 19.2. The lowest BCUT2D eigenvalue weighted by Gasteiger charge is -2.16. The van der Waals surface area contributed by atoms with Crippen molar-refractivity contribution in [2.75, 3.05) is 7.11 Å². The molecule has 0 saturated heterocycles. The summed E-state index contributed by atoms with van der Waals surface area (Å²) in [6.45, 7) is 2.01. The van der Waals surface area contributed by atoms with E-state index >= 15 is 0 Å². The molecule has 4 rings (SSSR count). The van der Waals surface area contributed by atoms with Gasteiger partial charge in [-0.2, -0.15) is 4.98 Å². The second kappa shape index (κ2) is 6.29. The minimum absolute atomic E-state index is 0.0832. The van der Waals surface area contributed by atoms with E-state index in [-0.39, 0.29) is 10.9 Å². The van der Waals surface area contributed by atoms with Crippen LogP contribution in [-0.4, -0.2) is 35.0 Å². The number of sulfonamides is 1. The smallest absolute Gasteiger partial charge is 0.238 e. The van der Waals surface area contributed by atoms with Crippen molar-refractivity contribution >= 4 is 32.1 Å². The first-order valence-electron chi connectivity index (χ1n) is 8.17. The average Bonchev–Trinajstić information content (AvgIpc) is 3.11. The van der Waals surface area contributed by atoms with Crippen LogP contribution in [0.1, 0.15) is 18.5 Å². The van der Waals surface area contributed by atoms with E-state index in [1.807, 2.05) is 17.6 Å².